The molecule has 0 radical (unpaired) electrons. The molecule has 1 aliphatic heterocycles. The van der Waals surface area contributed by atoms with E-state index < -0.39 is 9.84 Å². The number of hydrogen-bond acceptors (Lipinski definition) is 5. The predicted octanol–water partition coefficient (Wildman–Crippen LogP) is 1.90. The third-order valence-corrected chi connectivity index (χ3v) is 5.44. The summed E-state index contributed by atoms with van der Waals surface area (Å²) >= 11 is 0. The first-order valence-electron chi connectivity index (χ1n) is 8.80. The van der Waals surface area contributed by atoms with Gasteiger partial charge >= 0.3 is 0 Å². The van der Waals surface area contributed by atoms with Crippen molar-refractivity contribution < 1.29 is 17.9 Å². The minimum absolute atomic E-state index is 0.108. The molecule has 2 rings (SSSR count). The van der Waals surface area contributed by atoms with Crippen LogP contribution in [-0.2, 0) is 14.6 Å². The van der Waals surface area contributed by atoms with Gasteiger partial charge < -0.3 is 15.4 Å². The molecule has 140 valence electrons. The first-order chi connectivity index (χ1) is 11.8. The third-order valence-electron chi connectivity index (χ3n) is 4.31. The lowest BCUT2D eigenvalue weighted by atomic mass is 10.0. The summed E-state index contributed by atoms with van der Waals surface area (Å²) in [5.74, 6) is 0.747. The van der Waals surface area contributed by atoms with Gasteiger partial charge in [0, 0.05) is 24.8 Å². The van der Waals surface area contributed by atoms with Gasteiger partial charge in [-0.3, -0.25) is 4.79 Å². The molecule has 1 aliphatic rings. The van der Waals surface area contributed by atoms with Crippen LogP contribution in [0.1, 0.15) is 39.0 Å². The Morgan fingerprint density at radius 3 is 2.64 bits per heavy atom. The SMILES string of the molecule is CC1CC(NC(=O)CCCCOc2ccc(S(C)(=O)=O)cc2)CCN1. The highest BCUT2D eigenvalue weighted by Crippen LogP contribution is 2.16. The van der Waals surface area contributed by atoms with Crippen molar-refractivity contribution in [3.8, 4) is 5.75 Å². The van der Waals surface area contributed by atoms with E-state index in [4.69, 9.17) is 4.74 Å². The Kier molecular flexibility index (Phi) is 7.25. The zero-order valence-electron chi connectivity index (χ0n) is 15.0. The second kappa shape index (κ2) is 9.20. The summed E-state index contributed by atoms with van der Waals surface area (Å²) in [6.45, 7) is 3.60. The molecule has 25 heavy (non-hydrogen) atoms. The summed E-state index contributed by atoms with van der Waals surface area (Å²) in [7, 11) is -3.18. The molecule has 0 saturated carbocycles. The highest BCUT2D eigenvalue weighted by Gasteiger charge is 2.19. The van der Waals surface area contributed by atoms with E-state index in [1.165, 1.54) is 18.4 Å². The third kappa shape index (κ3) is 7.04. The molecule has 1 aromatic rings. The van der Waals surface area contributed by atoms with Gasteiger partial charge in [-0.25, -0.2) is 8.42 Å². The zero-order valence-corrected chi connectivity index (χ0v) is 15.8. The van der Waals surface area contributed by atoms with Crippen molar-refractivity contribution in [2.75, 3.05) is 19.4 Å². The Balaban J connectivity index is 1.60. The van der Waals surface area contributed by atoms with Crippen molar-refractivity contribution in [1.82, 2.24) is 10.6 Å². The van der Waals surface area contributed by atoms with Gasteiger partial charge in [0.2, 0.25) is 5.91 Å². The highest BCUT2D eigenvalue weighted by molar-refractivity contribution is 7.90. The lowest BCUT2D eigenvalue weighted by Crippen LogP contribution is -2.46. The molecule has 1 heterocycles. The maximum Gasteiger partial charge on any atom is 0.220 e. The average molecular weight is 368 g/mol. The van der Waals surface area contributed by atoms with Crippen molar-refractivity contribution in [3.63, 3.8) is 0 Å². The van der Waals surface area contributed by atoms with E-state index in [0.29, 0.717) is 24.8 Å². The number of nitrogens with one attached hydrogen (secondary N) is 2. The van der Waals surface area contributed by atoms with Crippen LogP contribution in [0.5, 0.6) is 5.75 Å². The van der Waals surface area contributed by atoms with Crippen LogP contribution in [0.2, 0.25) is 0 Å². The normalized spacial score (nSPS) is 20.9. The maximum absolute atomic E-state index is 12.0. The number of piperidine rings is 1. The molecule has 2 unspecified atom stereocenters. The molecule has 1 fully saturated rings. The Morgan fingerprint density at radius 2 is 2.00 bits per heavy atom. The predicted molar refractivity (Wildman–Crippen MR) is 97.5 cm³/mol. The van der Waals surface area contributed by atoms with Gasteiger partial charge in [0.05, 0.1) is 11.5 Å². The average Bonchev–Trinajstić information content (AvgIpc) is 2.54. The standard InChI is InChI=1S/C18H28N2O4S/c1-14-13-15(10-11-19-14)20-18(21)5-3-4-12-24-16-6-8-17(9-7-16)25(2,22)23/h6-9,14-15,19H,3-5,10-13H2,1-2H3,(H,20,21). The van der Waals surface area contributed by atoms with Crippen LogP contribution in [0.25, 0.3) is 0 Å². The van der Waals surface area contributed by atoms with Gasteiger partial charge in [0.25, 0.3) is 0 Å². The van der Waals surface area contributed by atoms with Gasteiger partial charge in [-0.05, 0) is 63.4 Å². The van der Waals surface area contributed by atoms with Crippen molar-refractivity contribution in [1.29, 1.82) is 0 Å². The van der Waals surface area contributed by atoms with Crippen LogP contribution in [0.15, 0.2) is 29.2 Å². The summed E-state index contributed by atoms with van der Waals surface area (Å²) in [6, 6.07) is 7.13. The van der Waals surface area contributed by atoms with Crippen molar-refractivity contribution >= 4 is 15.7 Å². The molecule has 0 aliphatic carbocycles. The summed E-state index contributed by atoms with van der Waals surface area (Å²) in [6.07, 6.45) is 5.21. The van der Waals surface area contributed by atoms with E-state index in [1.807, 2.05) is 0 Å². The number of carbonyl (C=O) groups is 1. The zero-order chi connectivity index (χ0) is 18.3. The van der Waals surface area contributed by atoms with Crippen LogP contribution < -0.4 is 15.4 Å². The molecule has 6 nitrogen and oxygen atoms in total. The van der Waals surface area contributed by atoms with Crippen LogP contribution in [-0.4, -0.2) is 45.8 Å². The number of amides is 1. The molecule has 0 spiro atoms. The van der Waals surface area contributed by atoms with Crippen LogP contribution in [0.3, 0.4) is 0 Å². The van der Waals surface area contributed by atoms with E-state index in [0.717, 1.165) is 32.2 Å². The van der Waals surface area contributed by atoms with Crippen molar-refractivity contribution in [2.45, 2.75) is 56.0 Å². The van der Waals surface area contributed by atoms with E-state index in [2.05, 4.69) is 17.6 Å². The minimum atomic E-state index is -3.18. The first kappa shape index (κ1) is 19.7. The first-order valence-corrected chi connectivity index (χ1v) is 10.7. The van der Waals surface area contributed by atoms with Crippen LogP contribution in [0, 0.1) is 0 Å². The highest BCUT2D eigenvalue weighted by atomic mass is 32.2. The fraction of sp³-hybridized carbons (Fsp3) is 0.611. The molecule has 1 aromatic carbocycles. The number of rotatable bonds is 8. The smallest absolute Gasteiger partial charge is 0.220 e. The van der Waals surface area contributed by atoms with E-state index in [1.54, 1.807) is 12.1 Å². The lowest BCUT2D eigenvalue weighted by molar-refractivity contribution is -0.122. The fourth-order valence-electron chi connectivity index (χ4n) is 2.92. The molecule has 7 heteroatoms. The number of sulfone groups is 1. The number of carbonyl (C=O) groups excluding carboxylic acids is 1. The largest absolute Gasteiger partial charge is 0.494 e. The van der Waals surface area contributed by atoms with E-state index in [9.17, 15) is 13.2 Å². The molecule has 1 saturated heterocycles. The van der Waals surface area contributed by atoms with Gasteiger partial charge in [0.1, 0.15) is 5.75 Å². The molecule has 0 bridgehead atoms. The second-order valence-electron chi connectivity index (χ2n) is 6.69. The van der Waals surface area contributed by atoms with E-state index >= 15 is 0 Å². The molecule has 2 atom stereocenters. The maximum atomic E-state index is 12.0. The second-order valence-corrected chi connectivity index (χ2v) is 8.71. The van der Waals surface area contributed by atoms with Gasteiger partial charge in [-0.1, -0.05) is 0 Å². The van der Waals surface area contributed by atoms with Crippen molar-refractivity contribution in [2.24, 2.45) is 0 Å². The quantitative estimate of drug-likeness (QED) is 0.685. The van der Waals surface area contributed by atoms with Crippen LogP contribution >= 0.6 is 0 Å². The lowest BCUT2D eigenvalue weighted by Gasteiger charge is -2.28. The summed E-state index contributed by atoms with van der Waals surface area (Å²) < 4.78 is 28.4. The summed E-state index contributed by atoms with van der Waals surface area (Å²) in [5, 5.41) is 6.47. The number of benzene rings is 1. The number of hydrogen-bond donors (Lipinski definition) is 2. The van der Waals surface area contributed by atoms with Gasteiger partial charge in [-0.15, -0.1) is 0 Å². The summed E-state index contributed by atoms with van der Waals surface area (Å²) in [4.78, 5) is 12.2. The van der Waals surface area contributed by atoms with Crippen molar-refractivity contribution in [3.05, 3.63) is 24.3 Å². The molecular weight excluding hydrogens is 340 g/mol. The minimum Gasteiger partial charge on any atom is -0.494 e. The molecular formula is C18H28N2O4S. The Labute approximate surface area is 150 Å². The number of ether oxygens (including phenoxy) is 1. The topological polar surface area (TPSA) is 84.5 Å². The molecule has 0 aromatic heterocycles. The monoisotopic (exact) mass is 368 g/mol. The Hall–Kier alpha value is -1.60. The molecule has 1 amide bonds. The Bertz CT molecular complexity index is 658. The molecule has 2 N–H and O–H groups in total. The summed E-state index contributed by atoms with van der Waals surface area (Å²) in [5.41, 5.74) is 0. The fourth-order valence-corrected chi connectivity index (χ4v) is 3.55. The Morgan fingerprint density at radius 1 is 1.28 bits per heavy atom. The van der Waals surface area contributed by atoms with Crippen LogP contribution in [0.4, 0.5) is 0 Å². The van der Waals surface area contributed by atoms with Gasteiger partial charge in [-0.2, -0.15) is 0 Å². The number of unbranched alkanes of at least 4 members (excludes halogenated alkanes) is 1. The van der Waals surface area contributed by atoms with E-state index in [-0.39, 0.29) is 16.8 Å². The van der Waals surface area contributed by atoms with Gasteiger partial charge in [0.15, 0.2) is 9.84 Å².